The third-order valence-corrected chi connectivity index (χ3v) is 6.05. The van der Waals surface area contributed by atoms with Gasteiger partial charge in [-0.05, 0) is 48.6 Å². The molecule has 1 amide bonds. The quantitative estimate of drug-likeness (QED) is 0.673. The van der Waals surface area contributed by atoms with Gasteiger partial charge in [0, 0.05) is 10.7 Å². The Bertz CT molecular complexity index is 922. The van der Waals surface area contributed by atoms with Crippen LogP contribution in [0.3, 0.4) is 0 Å². The van der Waals surface area contributed by atoms with Crippen LogP contribution in [0.15, 0.2) is 42.5 Å². The van der Waals surface area contributed by atoms with Gasteiger partial charge in [-0.25, -0.2) is 8.42 Å². The number of sulfonamides is 1. The molecule has 2 aromatic carbocycles. The summed E-state index contributed by atoms with van der Waals surface area (Å²) in [5.41, 5.74) is 3.19. The summed E-state index contributed by atoms with van der Waals surface area (Å²) < 4.78 is 26.2. The molecule has 0 aliphatic carbocycles. The van der Waals surface area contributed by atoms with E-state index in [1.165, 1.54) is 0 Å². The Labute approximate surface area is 172 Å². The molecule has 0 saturated carbocycles. The van der Waals surface area contributed by atoms with Crippen LogP contribution < -0.4 is 9.62 Å². The summed E-state index contributed by atoms with van der Waals surface area (Å²) in [6.07, 6.45) is 2.96. The molecule has 28 heavy (non-hydrogen) atoms. The molecule has 152 valence electrons. The average molecular weight is 423 g/mol. The Morgan fingerprint density at radius 2 is 1.64 bits per heavy atom. The van der Waals surface area contributed by atoms with E-state index in [-0.39, 0.29) is 5.91 Å². The molecule has 1 N–H and O–H groups in total. The summed E-state index contributed by atoms with van der Waals surface area (Å²) in [6, 6.07) is 11.6. The molecule has 1 unspecified atom stereocenters. The molecule has 7 heteroatoms. The highest BCUT2D eigenvalue weighted by atomic mass is 35.5. The van der Waals surface area contributed by atoms with E-state index in [1.54, 1.807) is 31.2 Å². The standard InChI is InChI=1S/C21H27ClN2O3S/c1-5-15-10-8-11-16(6-2)20(15)23-21(25)19(7-3)24(28(4,26)27)18-13-9-12-17(22)14-18/h8-14,19H,5-7H2,1-4H3,(H,23,25). The minimum absolute atomic E-state index is 0.321. The molecule has 0 aliphatic rings. The van der Waals surface area contributed by atoms with E-state index in [1.807, 2.05) is 32.0 Å². The lowest BCUT2D eigenvalue weighted by molar-refractivity contribution is -0.117. The van der Waals surface area contributed by atoms with Gasteiger partial charge < -0.3 is 5.32 Å². The van der Waals surface area contributed by atoms with Gasteiger partial charge in [0.2, 0.25) is 15.9 Å². The second-order valence-corrected chi connectivity index (χ2v) is 8.91. The predicted octanol–water partition coefficient (Wildman–Crippen LogP) is 4.65. The van der Waals surface area contributed by atoms with Gasteiger partial charge in [-0.3, -0.25) is 9.10 Å². The highest BCUT2D eigenvalue weighted by Gasteiger charge is 2.32. The Balaban J connectivity index is 2.46. The number of rotatable bonds is 8. The first-order chi connectivity index (χ1) is 13.2. The van der Waals surface area contributed by atoms with Crippen LogP contribution in [0.2, 0.25) is 5.02 Å². The summed E-state index contributed by atoms with van der Waals surface area (Å²) in [6.45, 7) is 5.84. The fourth-order valence-corrected chi connectivity index (χ4v) is 4.67. The SMILES string of the molecule is CCc1cccc(CC)c1NC(=O)C(CC)N(c1cccc(Cl)c1)S(C)(=O)=O. The number of anilines is 2. The van der Waals surface area contributed by atoms with Crippen molar-refractivity contribution in [2.75, 3.05) is 15.9 Å². The summed E-state index contributed by atoms with van der Waals surface area (Å²) in [5, 5.41) is 3.40. The van der Waals surface area contributed by atoms with Crippen LogP contribution in [0, 0.1) is 0 Å². The average Bonchev–Trinajstić information content (AvgIpc) is 2.64. The van der Waals surface area contributed by atoms with E-state index < -0.39 is 16.1 Å². The molecule has 5 nitrogen and oxygen atoms in total. The van der Waals surface area contributed by atoms with E-state index in [0.29, 0.717) is 17.1 Å². The zero-order chi connectivity index (χ0) is 20.9. The lowest BCUT2D eigenvalue weighted by Crippen LogP contribution is -2.47. The van der Waals surface area contributed by atoms with Gasteiger partial charge in [0.1, 0.15) is 6.04 Å². The summed E-state index contributed by atoms with van der Waals surface area (Å²) >= 11 is 6.05. The lowest BCUT2D eigenvalue weighted by atomic mass is 10.0. The van der Waals surface area contributed by atoms with Crippen LogP contribution in [0.25, 0.3) is 0 Å². The molecule has 1 atom stereocenters. The van der Waals surface area contributed by atoms with Crippen LogP contribution in [0.5, 0.6) is 0 Å². The van der Waals surface area contributed by atoms with E-state index in [2.05, 4.69) is 5.32 Å². The summed E-state index contributed by atoms with van der Waals surface area (Å²) in [5.74, 6) is -0.358. The third kappa shape index (κ3) is 5.06. The van der Waals surface area contributed by atoms with Crippen molar-refractivity contribution < 1.29 is 13.2 Å². The molecule has 0 fully saturated rings. The maximum atomic E-state index is 13.2. The van der Waals surface area contributed by atoms with Gasteiger partial charge in [-0.1, -0.05) is 56.6 Å². The van der Waals surface area contributed by atoms with Crippen molar-refractivity contribution in [3.8, 4) is 0 Å². The molecule has 0 aromatic heterocycles. The second kappa shape index (κ2) is 9.43. The molecule has 0 radical (unpaired) electrons. The van der Waals surface area contributed by atoms with Crippen molar-refractivity contribution >= 4 is 38.9 Å². The van der Waals surface area contributed by atoms with Crippen LogP contribution in [-0.2, 0) is 27.7 Å². The topological polar surface area (TPSA) is 66.5 Å². The maximum absolute atomic E-state index is 13.2. The molecule has 0 heterocycles. The maximum Gasteiger partial charge on any atom is 0.248 e. The van der Waals surface area contributed by atoms with Crippen molar-refractivity contribution in [1.29, 1.82) is 0 Å². The Morgan fingerprint density at radius 1 is 1.07 bits per heavy atom. The number of para-hydroxylation sites is 1. The van der Waals surface area contributed by atoms with Gasteiger partial charge in [0.25, 0.3) is 0 Å². The monoisotopic (exact) mass is 422 g/mol. The molecule has 0 bridgehead atoms. The highest BCUT2D eigenvalue weighted by Crippen LogP contribution is 2.28. The van der Waals surface area contributed by atoms with Crippen molar-refractivity contribution in [3.05, 3.63) is 58.6 Å². The van der Waals surface area contributed by atoms with Gasteiger partial charge in [-0.15, -0.1) is 0 Å². The van der Waals surface area contributed by atoms with E-state index in [9.17, 15) is 13.2 Å². The Hall–Kier alpha value is -2.05. The number of amides is 1. The molecule has 0 aliphatic heterocycles. The number of carbonyl (C=O) groups excluding carboxylic acids is 1. The van der Waals surface area contributed by atoms with Crippen molar-refractivity contribution in [1.82, 2.24) is 0 Å². The first-order valence-corrected chi connectivity index (χ1v) is 11.6. The summed E-state index contributed by atoms with van der Waals surface area (Å²) in [4.78, 5) is 13.2. The molecule has 2 aromatic rings. The van der Waals surface area contributed by atoms with E-state index >= 15 is 0 Å². The normalized spacial score (nSPS) is 12.5. The van der Waals surface area contributed by atoms with Crippen molar-refractivity contribution in [3.63, 3.8) is 0 Å². The minimum atomic E-state index is -3.70. The van der Waals surface area contributed by atoms with Crippen LogP contribution in [0.4, 0.5) is 11.4 Å². The van der Waals surface area contributed by atoms with Crippen LogP contribution in [-0.4, -0.2) is 26.6 Å². The number of hydrogen-bond acceptors (Lipinski definition) is 3. The number of halogens is 1. The van der Waals surface area contributed by atoms with E-state index in [0.717, 1.165) is 40.2 Å². The lowest BCUT2D eigenvalue weighted by Gasteiger charge is -2.30. The minimum Gasteiger partial charge on any atom is -0.324 e. The smallest absolute Gasteiger partial charge is 0.248 e. The zero-order valence-corrected chi connectivity index (χ0v) is 18.3. The zero-order valence-electron chi connectivity index (χ0n) is 16.7. The molecular weight excluding hydrogens is 396 g/mol. The first-order valence-electron chi connectivity index (χ1n) is 9.39. The van der Waals surface area contributed by atoms with Crippen molar-refractivity contribution in [2.45, 2.75) is 46.1 Å². The number of aryl methyl sites for hydroxylation is 2. The fraction of sp³-hybridized carbons (Fsp3) is 0.381. The Kier molecular flexibility index (Phi) is 7.49. The number of nitrogens with one attached hydrogen (secondary N) is 1. The Morgan fingerprint density at radius 3 is 2.11 bits per heavy atom. The van der Waals surface area contributed by atoms with Crippen molar-refractivity contribution in [2.24, 2.45) is 0 Å². The number of hydrogen-bond donors (Lipinski definition) is 1. The van der Waals surface area contributed by atoms with Crippen LogP contribution in [0.1, 0.15) is 38.3 Å². The van der Waals surface area contributed by atoms with E-state index in [4.69, 9.17) is 11.6 Å². The number of carbonyl (C=O) groups is 1. The molecule has 0 spiro atoms. The van der Waals surface area contributed by atoms with Gasteiger partial charge in [0.05, 0.1) is 11.9 Å². The first kappa shape index (κ1) is 22.2. The highest BCUT2D eigenvalue weighted by molar-refractivity contribution is 7.92. The summed E-state index contributed by atoms with van der Waals surface area (Å²) in [7, 11) is -3.70. The van der Waals surface area contributed by atoms with Gasteiger partial charge in [-0.2, -0.15) is 0 Å². The number of benzene rings is 2. The van der Waals surface area contributed by atoms with Gasteiger partial charge in [0.15, 0.2) is 0 Å². The number of nitrogens with zero attached hydrogens (tertiary/aromatic N) is 1. The molecular formula is C21H27ClN2O3S. The van der Waals surface area contributed by atoms with Gasteiger partial charge >= 0.3 is 0 Å². The predicted molar refractivity (Wildman–Crippen MR) is 117 cm³/mol. The molecule has 2 rings (SSSR count). The largest absolute Gasteiger partial charge is 0.324 e. The second-order valence-electron chi connectivity index (χ2n) is 6.61. The molecule has 0 saturated heterocycles. The van der Waals surface area contributed by atoms with Crippen LogP contribution >= 0.6 is 11.6 Å². The fourth-order valence-electron chi connectivity index (χ4n) is 3.28. The third-order valence-electron chi connectivity index (χ3n) is 4.64.